The molecule has 0 aliphatic carbocycles. The Kier molecular flexibility index (Phi) is 5.86. The van der Waals surface area contributed by atoms with Crippen LogP contribution in [-0.2, 0) is 6.54 Å². The van der Waals surface area contributed by atoms with E-state index in [-0.39, 0.29) is 12.4 Å². The second kappa shape index (κ2) is 8.49. The summed E-state index contributed by atoms with van der Waals surface area (Å²) in [5, 5.41) is 0. The van der Waals surface area contributed by atoms with Gasteiger partial charge in [0.15, 0.2) is 0 Å². The van der Waals surface area contributed by atoms with Crippen LogP contribution in [0.2, 0.25) is 0 Å². The van der Waals surface area contributed by atoms with E-state index in [1.165, 1.54) is 6.07 Å². The number of benzene rings is 1. The van der Waals surface area contributed by atoms with Gasteiger partial charge < -0.3 is 5.73 Å². The van der Waals surface area contributed by atoms with Crippen LogP contribution in [0.1, 0.15) is 17.0 Å². The Morgan fingerprint density at radius 3 is 2.54 bits per heavy atom. The number of hydrogen-bond donors (Lipinski definition) is 1. The van der Waals surface area contributed by atoms with Crippen LogP contribution in [0, 0.1) is 5.82 Å². The number of halogens is 2. The van der Waals surface area contributed by atoms with Gasteiger partial charge in [-0.05, 0) is 52.3 Å². The largest absolute Gasteiger partial charge is 0.397 e. The van der Waals surface area contributed by atoms with Gasteiger partial charge in [-0.3, -0.25) is 9.98 Å². The predicted molar refractivity (Wildman–Crippen MR) is 105 cm³/mol. The zero-order chi connectivity index (χ0) is 18.4. The number of allylic oxidation sites excluding steroid dienone is 1. The first-order chi connectivity index (χ1) is 12.6. The van der Waals surface area contributed by atoms with Crippen molar-refractivity contribution in [1.82, 2.24) is 9.97 Å². The molecule has 6 heteroatoms. The van der Waals surface area contributed by atoms with Crippen LogP contribution in [0.5, 0.6) is 0 Å². The number of aliphatic imine (C=N–C) groups is 1. The quantitative estimate of drug-likeness (QED) is 0.501. The summed E-state index contributed by atoms with van der Waals surface area (Å²) in [7, 11) is 0. The second-order valence-electron chi connectivity index (χ2n) is 5.45. The van der Waals surface area contributed by atoms with Gasteiger partial charge in [0.05, 0.1) is 29.3 Å². The van der Waals surface area contributed by atoms with Crippen LogP contribution in [-0.4, -0.2) is 15.7 Å². The summed E-state index contributed by atoms with van der Waals surface area (Å²) in [4.78, 5) is 13.2. The Bertz CT molecular complexity index is 955. The molecule has 0 radical (unpaired) electrons. The maximum absolute atomic E-state index is 13.9. The zero-order valence-electron chi connectivity index (χ0n) is 13.8. The van der Waals surface area contributed by atoms with Gasteiger partial charge in [-0.1, -0.05) is 30.3 Å². The number of aromatic nitrogens is 2. The third-order valence-corrected chi connectivity index (χ3v) is 4.05. The molecule has 0 atom stereocenters. The highest BCUT2D eigenvalue weighted by molar-refractivity contribution is 9.10. The minimum atomic E-state index is -0.292. The molecule has 0 saturated carbocycles. The van der Waals surface area contributed by atoms with E-state index in [2.05, 4.69) is 30.9 Å². The molecule has 26 heavy (non-hydrogen) atoms. The van der Waals surface area contributed by atoms with Gasteiger partial charge in [-0.15, -0.1) is 0 Å². The summed E-state index contributed by atoms with van der Waals surface area (Å²) >= 11 is 3.36. The number of hydrogen-bond acceptors (Lipinski definition) is 4. The minimum absolute atomic E-state index is 0.183. The molecule has 0 fully saturated rings. The van der Waals surface area contributed by atoms with Gasteiger partial charge in [0.25, 0.3) is 0 Å². The lowest BCUT2D eigenvalue weighted by Crippen LogP contribution is -2.07. The van der Waals surface area contributed by atoms with Gasteiger partial charge in [0.2, 0.25) is 0 Å². The van der Waals surface area contributed by atoms with Crippen molar-refractivity contribution in [3.05, 3.63) is 100 Å². The fourth-order valence-corrected chi connectivity index (χ4v) is 2.65. The number of nitrogens with two attached hydrogens (primary N) is 1. The molecule has 2 N–H and O–H groups in total. The zero-order valence-corrected chi connectivity index (χ0v) is 15.4. The average Bonchev–Trinajstić information content (AvgIpc) is 2.67. The molecule has 3 rings (SSSR count). The van der Waals surface area contributed by atoms with Gasteiger partial charge >= 0.3 is 0 Å². The van der Waals surface area contributed by atoms with Crippen molar-refractivity contribution in [2.24, 2.45) is 10.7 Å². The Morgan fingerprint density at radius 1 is 1.04 bits per heavy atom. The van der Waals surface area contributed by atoms with Crippen molar-refractivity contribution < 1.29 is 4.39 Å². The summed E-state index contributed by atoms with van der Waals surface area (Å²) in [5.74, 6) is -0.292. The Hall–Kier alpha value is -2.86. The Labute approximate surface area is 159 Å². The number of nitrogens with zero attached hydrogens (tertiary/aromatic N) is 3. The normalized spacial score (nSPS) is 12.2. The van der Waals surface area contributed by atoms with Gasteiger partial charge in [0, 0.05) is 11.8 Å². The van der Waals surface area contributed by atoms with Crippen molar-refractivity contribution in [2.75, 3.05) is 0 Å². The third-order valence-electron chi connectivity index (χ3n) is 3.61. The van der Waals surface area contributed by atoms with Gasteiger partial charge in [0.1, 0.15) is 10.4 Å². The van der Waals surface area contributed by atoms with E-state index in [1.54, 1.807) is 30.5 Å². The highest BCUT2D eigenvalue weighted by Gasteiger charge is 2.07. The fourth-order valence-electron chi connectivity index (χ4n) is 2.30. The SMILES string of the molecule is NC(=CC(=NCc1ccccc1F)c1cccc(Br)n1)c1ccccn1. The highest BCUT2D eigenvalue weighted by Crippen LogP contribution is 2.13. The maximum Gasteiger partial charge on any atom is 0.128 e. The van der Waals surface area contributed by atoms with Crippen molar-refractivity contribution in [3.63, 3.8) is 0 Å². The molecular formula is C20H16BrFN4. The number of rotatable bonds is 5. The molecule has 2 heterocycles. The summed E-state index contributed by atoms with van der Waals surface area (Å²) in [5.41, 5.74) is 8.96. The van der Waals surface area contributed by atoms with Crippen molar-refractivity contribution in [2.45, 2.75) is 6.54 Å². The van der Waals surface area contributed by atoms with E-state index in [4.69, 9.17) is 5.73 Å². The topological polar surface area (TPSA) is 64.2 Å². The molecule has 0 spiro atoms. The van der Waals surface area contributed by atoms with E-state index in [0.717, 1.165) is 0 Å². The number of pyridine rings is 2. The van der Waals surface area contributed by atoms with Gasteiger partial charge in [-0.25, -0.2) is 9.37 Å². The summed E-state index contributed by atoms with van der Waals surface area (Å²) in [6.45, 7) is 0.183. The lowest BCUT2D eigenvalue weighted by atomic mass is 10.1. The molecule has 0 saturated heterocycles. The van der Waals surface area contributed by atoms with E-state index in [9.17, 15) is 4.39 Å². The monoisotopic (exact) mass is 410 g/mol. The van der Waals surface area contributed by atoms with E-state index in [1.807, 2.05) is 36.4 Å². The molecule has 0 bridgehead atoms. The molecule has 2 aromatic heterocycles. The summed E-state index contributed by atoms with van der Waals surface area (Å²) in [6.07, 6.45) is 3.38. The summed E-state index contributed by atoms with van der Waals surface area (Å²) in [6, 6.07) is 17.6. The Balaban J connectivity index is 1.99. The molecule has 4 nitrogen and oxygen atoms in total. The van der Waals surface area contributed by atoms with E-state index >= 15 is 0 Å². The molecule has 130 valence electrons. The molecule has 0 amide bonds. The first kappa shape index (κ1) is 17.9. The fraction of sp³-hybridized carbons (Fsp3) is 0.0500. The van der Waals surface area contributed by atoms with Crippen LogP contribution in [0.15, 0.2) is 82.5 Å². The van der Waals surface area contributed by atoms with Gasteiger partial charge in [-0.2, -0.15) is 0 Å². The molecule has 3 aromatic rings. The van der Waals surface area contributed by atoms with Crippen LogP contribution < -0.4 is 5.73 Å². The first-order valence-corrected chi connectivity index (χ1v) is 8.72. The highest BCUT2D eigenvalue weighted by atomic mass is 79.9. The molecule has 1 aromatic carbocycles. The molecule has 0 aliphatic heterocycles. The third kappa shape index (κ3) is 4.61. The van der Waals surface area contributed by atoms with Crippen molar-refractivity contribution >= 4 is 27.3 Å². The molecule has 0 unspecified atom stereocenters. The van der Waals surface area contributed by atoms with Crippen molar-refractivity contribution in [1.29, 1.82) is 0 Å². The molecular weight excluding hydrogens is 395 g/mol. The van der Waals surface area contributed by atoms with E-state index < -0.39 is 0 Å². The Morgan fingerprint density at radius 2 is 1.81 bits per heavy atom. The lowest BCUT2D eigenvalue weighted by Gasteiger charge is -2.06. The first-order valence-electron chi connectivity index (χ1n) is 7.93. The minimum Gasteiger partial charge on any atom is -0.397 e. The molecule has 0 aliphatic rings. The lowest BCUT2D eigenvalue weighted by molar-refractivity contribution is 0.611. The predicted octanol–water partition coefficient (Wildman–Crippen LogP) is 4.37. The van der Waals surface area contributed by atoms with E-state index in [0.29, 0.717) is 33.0 Å². The average molecular weight is 411 g/mol. The smallest absolute Gasteiger partial charge is 0.128 e. The van der Waals surface area contributed by atoms with Crippen LogP contribution in [0.25, 0.3) is 5.70 Å². The second-order valence-corrected chi connectivity index (χ2v) is 6.27. The maximum atomic E-state index is 13.9. The van der Waals surface area contributed by atoms with Crippen LogP contribution in [0.4, 0.5) is 4.39 Å². The summed E-state index contributed by atoms with van der Waals surface area (Å²) < 4.78 is 14.6. The van der Waals surface area contributed by atoms with Crippen LogP contribution >= 0.6 is 15.9 Å². The van der Waals surface area contributed by atoms with Crippen molar-refractivity contribution in [3.8, 4) is 0 Å². The van der Waals surface area contributed by atoms with Crippen LogP contribution in [0.3, 0.4) is 0 Å². The standard InChI is InChI=1S/C20H16BrFN4/c21-20-10-5-9-18(26-20)19(12-16(23)17-8-3-4-11-24-17)25-13-14-6-1-2-7-15(14)22/h1-12H,13,23H2.